The lowest BCUT2D eigenvalue weighted by molar-refractivity contribution is -0.136. The van der Waals surface area contributed by atoms with Crippen LogP contribution in [0.3, 0.4) is 0 Å². The van der Waals surface area contributed by atoms with Gasteiger partial charge in [0.1, 0.15) is 10.9 Å². The zero-order chi connectivity index (χ0) is 14.4. The van der Waals surface area contributed by atoms with Crippen molar-refractivity contribution >= 4 is 15.9 Å². The molecule has 1 N–H and O–H groups in total. The van der Waals surface area contributed by atoms with Gasteiger partial charge in [-0.1, -0.05) is 0 Å². The van der Waals surface area contributed by atoms with Crippen molar-refractivity contribution in [2.24, 2.45) is 0 Å². The van der Waals surface area contributed by atoms with Crippen LogP contribution >= 0.6 is 0 Å². The summed E-state index contributed by atoms with van der Waals surface area (Å²) in [6.07, 6.45) is 0. The highest BCUT2D eigenvalue weighted by Crippen LogP contribution is 2.25. The van der Waals surface area contributed by atoms with E-state index < -0.39 is 16.1 Å². The molecule has 2 rings (SSSR count). The summed E-state index contributed by atoms with van der Waals surface area (Å²) in [5, 5.41) is 6.58. The lowest BCUT2D eigenvalue weighted by atomic mass is 10.2. The molecule has 7 nitrogen and oxygen atoms in total. The lowest BCUT2D eigenvalue weighted by Gasteiger charge is -2.36. The van der Waals surface area contributed by atoms with Crippen LogP contribution < -0.4 is 0 Å². The fourth-order valence-corrected chi connectivity index (χ4v) is 4.28. The van der Waals surface area contributed by atoms with E-state index in [4.69, 9.17) is 0 Å². The number of rotatable bonds is 2. The summed E-state index contributed by atoms with van der Waals surface area (Å²) in [5.74, 6) is -0.186. The van der Waals surface area contributed by atoms with Crippen molar-refractivity contribution < 1.29 is 13.2 Å². The smallest absolute Gasteiger partial charge is 0.247 e. The number of aromatic amines is 1. The first-order valence-corrected chi connectivity index (χ1v) is 7.49. The van der Waals surface area contributed by atoms with Gasteiger partial charge in [0.15, 0.2) is 0 Å². The van der Waals surface area contributed by atoms with Gasteiger partial charge < -0.3 is 4.90 Å². The van der Waals surface area contributed by atoms with E-state index in [1.165, 1.54) is 4.31 Å². The molecule has 8 heteroatoms. The minimum absolute atomic E-state index is 0.178. The number of H-pyrrole nitrogens is 1. The number of hydrogen-bond donors (Lipinski definition) is 1. The largest absolute Gasteiger partial charge is 0.343 e. The van der Waals surface area contributed by atoms with E-state index in [1.54, 1.807) is 32.7 Å². The molecule has 0 aliphatic carbocycles. The number of likely N-dealkylation sites (N-methyl/N-ethyl adjacent to an activating group) is 1. The average molecular weight is 286 g/mol. The van der Waals surface area contributed by atoms with E-state index in [0.29, 0.717) is 24.5 Å². The molecule has 0 saturated carbocycles. The molecule has 1 aromatic heterocycles. The van der Waals surface area contributed by atoms with Gasteiger partial charge in [-0.05, 0) is 20.8 Å². The molecule has 0 aromatic carbocycles. The molecule has 0 radical (unpaired) electrons. The van der Waals surface area contributed by atoms with Gasteiger partial charge in [-0.15, -0.1) is 0 Å². The van der Waals surface area contributed by atoms with Crippen molar-refractivity contribution in [3.8, 4) is 0 Å². The molecule has 2 heterocycles. The van der Waals surface area contributed by atoms with E-state index in [9.17, 15) is 13.2 Å². The van der Waals surface area contributed by atoms with Gasteiger partial charge in [0.2, 0.25) is 15.9 Å². The van der Waals surface area contributed by atoms with Crippen molar-refractivity contribution in [1.29, 1.82) is 0 Å². The second kappa shape index (κ2) is 4.61. The monoisotopic (exact) mass is 286 g/mol. The van der Waals surface area contributed by atoms with E-state index in [1.807, 2.05) is 0 Å². The summed E-state index contributed by atoms with van der Waals surface area (Å²) < 4.78 is 26.5. The Morgan fingerprint density at radius 3 is 2.47 bits per heavy atom. The van der Waals surface area contributed by atoms with Crippen LogP contribution in [0.2, 0.25) is 0 Å². The van der Waals surface area contributed by atoms with Crippen LogP contribution in [0.25, 0.3) is 0 Å². The predicted molar refractivity (Wildman–Crippen MR) is 69.1 cm³/mol. The number of hydrogen-bond acceptors (Lipinski definition) is 4. The van der Waals surface area contributed by atoms with E-state index in [0.717, 1.165) is 0 Å². The lowest BCUT2D eigenvalue weighted by Crippen LogP contribution is -2.56. The van der Waals surface area contributed by atoms with Crippen molar-refractivity contribution in [2.75, 3.05) is 20.1 Å². The topological polar surface area (TPSA) is 86.4 Å². The van der Waals surface area contributed by atoms with Crippen molar-refractivity contribution in [2.45, 2.75) is 31.7 Å². The van der Waals surface area contributed by atoms with E-state index >= 15 is 0 Å². The summed E-state index contributed by atoms with van der Waals surface area (Å²) in [7, 11) is -2.02. The third-order valence-corrected chi connectivity index (χ3v) is 5.68. The maximum Gasteiger partial charge on any atom is 0.247 e. The number of carbonyl (C=O) groups is 1. The highest BCUT2D eigenvalue weighted by atomic mass is 32.2. The zero-order valence-electron chi connectivity index (χ0n) is 11.5. The Balaban J connectivity index is 2.44. The predicted octanol–water partition coefficient (Wildman–Crippen LogP) is -0.122. The number of nitrogens with zero attached hydrogens (tertiary/aromatic N) is 3. The van der Waals surface area contributed by atoms with Crippen molar-refractivity contribution in [3.05, 3.63) is 11.4 Å². The molecule has 0 bridgehead atoms. The second-order valence-corrected chi connectivity index (χ2v) is 6.64. The SMILES string of the molecule is Cc1n[nH]c(C)c1S(=O)(=O)N1CCN(C)C(=O)C1C. The zero-order valence-corrected chi connectivity index (χ0v) is 12.3. The Hall–Kier alpha value is -1.41. The number of amides is 1. The number of aromatic nitrogens is 2. The molecule has 1 saturated heterocycles. The quantitative estimate of drug-likeness (QED) is 0.821. The maximum absolute atomic E-state index is 12.6. The summed E-state index contributed by atoms with van der Waals surface area (Å²) in [6.45, 7) is 5.61. The van der Waals surface area contributed by atoms with E-state index in [2.05, 4.69) is 10.2 Å². The Labute approximate surface area is 112 Å². The van der Waals surface area contributed by atoms with Crippen LogP contribution in [-0.4, -0.2) is 59.9 Å². The minimum Gasteiger partial charge on any atom is -0.343 e. The molecular formula is C11H18N4O3S. The fourth-order valence-electron chi connectivity index (χ4n) is 2.36. The van der Waals surface area contributed by atoms with Gasteiger partial charge in [0, 0.05) is 20.1 Å². The fraction of sp³-hybridized carbons (Fsp3) is 0.636. The van der Waals surface area contributed by atoms with Gasteiger partial charge in [0.25, 0.3) is 0 Å². The Morgan fingerprint density at radius 2 is 1.95 bits per heavy atom. The molecule has 1 amide bonds. The van der Waals surface area contributed by atoms with Gasteiger partial charge >= 0.3 is 0 Å². The molecule has 1 fully saturated rings. The first-order valence-electron chi connectivity index (χ1n) is 6.05. The van der Waals surface area contributed by atoms with E-state index in [-0.39, 0.29) is 10.8 Å². The Bertz CT molecular complexity index is 588. The van der Waals surface area contributed by atoms with Gasteiger partial charge in [-0.2, -0.15) is 9.40 Å². The highest BCUT2D eigenvalue weighted by Gasteiger charge is 2.39. The molecular weight excluding hydrogens is 268 g/mol. The molecule has 106 valence electrons. The molecule has 1 aliphatic heterocycles. The van der Waals surface area contributed by atoms with Crippen LogP contribution in [0.4, 0.5) is 0 Å². The summed E-state index contributed by atoms with van der Waals surface area (Å²) in [5.41, 5.74) is 0.923. The Kier molecular flexibility index (Phi) is 3.40. The number of nitrogens with one attached hydrogen (secondary N) is 1. The van der Waals surface area contributed by atoms with Crippen LogP contribution in [0.15, 0.2) is 4.90 Å². The Morgan fingerprint density at radius 1 is 1.32 bits per heavy atom. The molecule has 1 unspecified atom stereocenters. The summed E-state index contributed by atoms with van der Waals surface area (Å²) in [4.78, 5) is 13.6. The van der Waals surface area contributed by atoms with Crippen LogP contribution in [0.5, 0.6) is 0 Å². The second-order valence-electron chi connectivity index (χ2n) is 4.81. The third-order valence-electron chi connectivity index (χ3n) is 3.45. The van der Waals surface area contributed by atoms with Crippen LogP contribution in [0, 0.1) is 13.8 Å². The summed E-state index contributed by atoms with van der Waals surface area (Å²) >= 11 is 0. The average Bonchev–Trinajstić information content (AvgIpc) is 2.66. The van der Waals surface area contributed by atoms with Gasteiger partial charge in [-0.3, -0.25) is 9.89 Å². The first kappa shape index (κ1) is 14.0. The van der Waals surface area contributed by atoms with Crippen LogP contribution in [-0.2, 0) is 14.8 Å². The molecule has 19 heavy (non-hydrogen) atoms. The van der Waals surface area contributed by atoms with Crippen LogP contribution in [0.1, 0.15) is 18.3 Å². The maximum atomic E-state index is 12.6. The third kappa shape index (κ3) is 2.14. The minimum atomic E-state index is -3.69. The summed E-state index contributed by atoms with van der Waals surface area (Å²) in [6, 6.07) is -0.683. The number of sulfonamides is 1. The molecule has 1 aromatic rings. The first-order chi connectivity index (χ1) is 8.76. The standard InChI is InChI=1S/C11H18N4O3S/c1-7-10(8(2)13-12-7)19(17,18)15-6-5-14(4)11(16)9(15)3/h9H,5-6H2,1-4H3,(H,12,13). The molecule has 1 atom stereocenters. The molecule has 0 spiro atoms. The normalized spacial score (nSPS) is 22.0. The van der Waals surface area contributed by atoms with Gasteiger partial charge in [0.05, 0.1) is 11.4 Å². The number of piperazine rings is 1. The highest BCUT2D eigenvalue weighted by molar-refractivity contribution is 7.89. The van der Waals surface area contributed by atoms with Gasteiger partial charge in [-0.25, -0.2) is 8.42 Å². The van der Waals surface area contributed by atoms with Crippen molar-refractivity contribution in [3.63, 3.8) is 0 Å². The number of carbonyl (C=O) groups excluding carboxylic acids is 1. The number of aryl methyl sites for hydroxylation is 2. The van der Waals surface area contributed by atoms with Crippen molar-refractivity contribution in [1.82, 2.24) is 19.4 Å². The molecule has 1 aliphatic rings.